The Bertz CT molecular complexity index is 452. The molecule has 0 heterocycles. The highest BCUT2D eigenvalue weighted by molar-refractivity contribution is 9.10. The van der Waals surface area contributed by atoms with Crippen LogP contribution in [0.15, 0.2) is 16.6 Å². The molecular weight excluding hydrogens is 338 g/mol. The summed E-state index contributed by atoms with van der Waals surface area (Å²) < 4.78 is 5.69. The number of nitriles is 1. The molecule has 1 rings (SSSR count). The lowest BCUT2D eigenvalue weighted by Gasteiger charge is -2.07. The molecule has 16 heavy (non-hydrogen) atoms. The van der Waals surface area contributed by atoms with E-state index in [0.717, 1.165) is 10.0 Å². The predicted molar refractivity (Wildman–Crippen MR) is 67.4 cm³/mol. The molecule has 0 atom stereocenters. The molecule has 0 bridgehead atoms. The SMILES string of the molecule is CCOC(=O)c1cc(CBr)c(Br)cc1C#N. The standard InChI is InChI=1S/C11H9Br2NO2/c1-2-16-11(15)9-3-7(5-12)10(13)4-8(9)6-14/h3-4H,2,5H2,1H3. The van der Waals surface area contributed by atoms with Gasteiger partial charge in [0.25, 0.3) is 0 Å². The van der Waals surface area contributed by atoms with Gasteiger partial charge in [0, 0.05) is 9.80 Å². The van der Waals surface area contributed by atoms with Gasteiger partial charge in [-0.2, -0.15) is 5.26 Å². The molecule has 84 valence electrons. The number of rotatable bonds is 3. The van der Waals surface area contributed by atoms with E-state index in [1.807, 2.05) is 6.07 Å². The van der Waals surface area contributed by atoms with Crippen LogP contribution in [0.1, 0.15) is 28.4 Å². The quantitative estimate of drug-likeness (QED) is 0.622. The summed E-state index contributed by atoms with van der Waals surface area (Å²) in [5.74, 6) is -0.464. The van der Waals surface area contributed by atoms with Gasteiger partial charge in [0.1, 0.15) is 6.07 Å². The van der Waals surface area contributed by atoms with Crippen molar-refractivity contribution in [2.45, 2.75) is 12.3 Å². The van der Waals surface area contributed by atoms with Crippen molar-refractivity contribution in [2.75, 3.05) is 6.61 Å². The van der Waals surface area contributed by atoms with E-state index in [1.54, 1.807) is 19.1 Å². The third-order valence-corrected chi connectivity index (χ3v) is 3.29. The van der Waals surface area contributed by atoms with Crippen LogP contribution in [0.3, 0.4) is 0 Å². The fourth-order valence-corrected chi connectivity index (χ4v) is 2.51. The van der Waals surface area contributed by atoms with Gasteiger partial charge in [0.15, 0.2) is 0 Å². The van der Waals surface area contributed by atoms with Crippen molar-refractivity contribution < 1.29 is 9.53 Å². The number of alkyl halides is 1. The topological polar surface area (TPSA) is 50.1 Å². The van der Waals surface area contributed by atoms with Crippen LogP contribution in [-0.2, 0) is 10.1 Å². The van der Waals surface area contributed by atoms with Crippen molar-refractivity contribution in [1.82, 2.24) is 0 Å². The van der Waals surface area contributed by atoms with Gasteiger partial charge in [-0.3, -0.25) is 0 Å². The number of hydrogen-bond acceptors (Lipinski definition) is 3. The van der Waals surface area contributed by atoms with Crippen LogP contribution in [0.25, 0.3) is 0 Å². The highest BCUT2D eigenvalue weighted by Gasteiger charge is 2.15. The van der Waals surface area contributed by atoms with E-state index < -0.39 is 5.97 Å². The summed E-state index contributed by atoms with van der Waals surface area (Å²) in [6, 6.07) is 5.27. The largest absolute Gasteiger partial charge is 0.462 e. The second-order valence-electron chi connectivity index (χ2n) is 2.96. The average molecular weight is 347 g/mol. The van der Waals surface area contributed by atoms with Crippen LogP contribution < -0.4 is 0 Å². The first-order valence-corrected chi connectivity index (χ1v) is 6.51. The molecule has 0 saturated carbocycles. The second kappa shape index (κ2) is 6.02. The fourth-order valence-electron chi connectivity index (χ4n) is 1.19. The number of nitrogens with zero attached hydrogens (tertiary/aromatic N) is 1. The molecule has 0 N–H and O–H groups in total. The van der Waals surface area contributed by atoms with Crippen LogP contribution in [-0.4, -0.2) is 12.6 Å². The summed E-state index contributed by atoms with van der Waals surface area (Å²) in [6.07, 6.45) is 0. The van der Waals surface area contributed by atoms with E-state index >= 15 is 0 Å². The minimum Gasteiger partial charge on any atom is -0.462 e. The smallest absolute Gasteiger partial charge is 0.339 e. The van der Waals surface area contributed by atoms with Gasteiger partial charge < -0.3 is 4.74 Å². The first kappa shape index (κ1) is 13.2. The van der Waals surface area contributed by atoms with E-state index in [0.29, 0.717) is 23.1 Å². The summed E-state index contributed by atoms with van der Waals surface area (Å²) >= 11 is 6.65. The van der Waals surface area contributed by atoms with Crippen molar-refractivity contribution >= 4 is 37.8 Å². The van der Waals surface area contributed by atoms with Crippen molar-refractivity contribution in [1.29, 1.82) is 5.26 Å². The molecule has 5 heteroatoms. The van der Waals surface area contributed by atoms with E-state index in [-0.39, 0.29) is 0 Å². The molecule has 0 amide bonds. The molecule has 0 aliphatic heterocycles. The molecule has 0 aromatic heterocycles. The van der Waals surface area contributed by atoms with Gasteiger partial charge in [-0.1, -0.05) is 31.9 Å². The molecule has 0 spiro atoms. The summed E-state index contributed by atoms with van der Waals surface area (Å²) in [6.45, 7) is 2.03. The van der Waals surface area contributed by atoms with Gasteiger partial charge in [-0.05, 0) is 24.6 Å². The van der Waals surface area contributed by atoms with Crippen LogP contribution in [0.2, 0.25) is 0 Å². The van der Waals surface area contributed by atoms with Gasteiger partial charge in [0.2, 0.25) is 0 Å². The fraction of sp³-hybridized carbons (Fsp3) is 0.273. The van der Waals surface area contributed by atoms with E-state index in [9.17, 15) is 4.79 Å². The van der Waals surface area contributed by atoms with Crippen LogP contribution in [0.4, 0.5) is 0 Å². The Labute approximate surface area is 111 Å². The minimum absolute atomic E-state index is 0.295. The average Bonchev–Trinajstić information content (AvgIpc) is 2.28. The monoisotopic (exact) mass is 345 g/mol. The van der Waals surface area contributed by atoms with Crippen molar-refractivity contribution in [3.63, 3.8) is 0 Å². The van der Waals surface area contributed by atoms with Gasteiger partial charge in [-0.25, -0.2) is 4.79 Å². The predicted octanol–water partition coefficient (Wildman–Crippen LogP) is 3.39. The Kier molecular flexibility index (Phi) is 4.97. The summed E-state index contributed by atoms with van der Waals surface area (Å²) in [5.41, 5.74) is 1.53. The van der Waals surface area contributed by atoms with Crippen LogP contribution in [0, 0.1) is 11.3 Å². The molecule has 0 radical (unpaired) electrons. The minimum atomic E-state index is -0.464. The van der Waals surface area contributed by atoms with E-state index in [4.69, 9.17) is 10.00 Å². The number of esters is 1. The molecule has 3 nitrogen and oxygen atoms in total. The number of carbonyl (C=O) groups excluding carboxylic acids is 1. The van der Waals surface area contributed by atoms with Gasteiger partial charge >= 0.3 is 5.97 Å². The molecule has 0 saturated heterocycles. The Morgan fingerprint density at radius 1 is 1.56 bits per heavy atom. The number of halogens is 2. The molecule has 0 aliphatic rings. The molecule has 0 unspecified atom stereocenters. The Morgan fingerprint density at radius 2 is 2.25 bits per heavy atom. The zero-order chi connectivity index (χ0) is 12.1. The number of benzene rings is 1. The molecule has 0 aliphatic carbocycles. The van der Waals surface area contributed by atoms with E-state index in [1.165, 1.54) is 0 Å². The highest BCUT2D eigenvalue weighted by atomic mass is 79.9. The third-order valence-electron chi connectivity index (χ3n) is 1.95. The maximum absolute atomic E-state index is 11.6. The summed E-state index contributed by atoms with van der Waals surface area (Å²) in [5, 5.41) is 9.54. The van der Waals surface area contributed by atoms with Crippen molar-refractivity contribution in [3.8, 4) is 6.07 Å². The zero-order valence-corrected chi connectivity index (χ0v) is 11.8. The molecule has 0 fully saturated rings. The Morgan fingerprint density at radius 3 is 2.75 bits per heavy atom. The lowest BCUT2D eigenvalue weighted by molar-refractivity contribution is 0.0526. The molecule has 1 aromatic rings. The third kappa shape index (κ3) is 2.83. The normalized spacial score (nSPS) is 9.62. The Balaban J connectivity index is 3.26. The van der Waals surface area contributed by atoms with Gasteiger partial charge in [-0.15, -0.1) is 0 Å². The highest BCUT2D eigenvalue weighted by Crippen LogP contribution is 2.24. The van der Waals surface area contributed by atoms with Crippen LogP contribution in [0.5, 0.6) is 0 Å². The lowest BCUT2D eigenvalue weighted by atomic mass is 10.1. The lowest BCUT2D eigenvalue weighted by Crippen LogP contribution is -2.07. The first-order chi connectivity index (χ1) is 7.63. The molecular formula is C11H9Br2NO2. The Hall–Kier alpha value is -0.860. The number of carbonyl (C=O) groups is 1. The maximum atomic E-state index is 11.6. The summed E-state index contributed by atoms with van der Waals surface area (Å²) in [7, 11) is 0. The summed E-state index contributed by atoms with van der Waals surface area (Å²) in [4.78, 5) is 11.6. The molecule has 1 aromatic carbocycles. The zero-order valence-electron chi connectivity index (χ0n) is 8.59. The van der Waals surface area contributed by atoms with Gasteiger partial charge in [0.05, 0.1) is 17.7 Å². The number of ether oxygens (including phenoxy) is 1. The van der Waals surface area contributed by atoms with Crippen molar-refractivity contribution in [2.24, 2.45) is 0 Å². The number of hydrogen-bond donors (Lipinski definition) is 0. The first-order valence-electron chi connectivity index (χ1n) is 4.59. The van der Waals surface area contributed by atoms with Crippen LogP contribution >= 0.6 is 31.9 Å². The van der Waals surface area contributed by atoms with E-state index in [2.05, 4.69) is 31.9 Å². The second-order valence-corrected chi connectivity index (χ2v) is 4.37. The maximum Gasteiger partial charge on any atom is 0.339 e. The van der Waals surface area contributed by atoms with Crippen molar-refractivity contribution in [3.05, 3.63) is 33.3 Å².